The van der Waals surface area contributed by atoms with Crippen molar-refractivity contribution < 1.29 is 13.2 Å². The molecule has 0 spiro atoms. The van der Waals surface area contributed by atoms with Crippen LogP contribution in [0.3, 0.4) is 0 Å². The molecule has 142 valence electrons. The van der Waals surface area contributed by atoms with Gasteiger partial charge in [-0.3, -0.25) is 4.79 Å². The lowest BCUT2D eigenvalue weighted by molar-refractivity contribution is 0.340. The third-order valence-electron chi connectivity index (χ3n) is 3.75. The maximum Gasteiger partial charge on any atom is 0.305 e. The highest BCUT2D eigenvalue weighted by Crippen LogP contribution is 2.28. The minimum atomic E-state index is -4.24. The van der Waals surface area contributed by atoms with Crippen molar-refractivity contribution in [3.63, 3.8) is 0 Å². The Labute approximate surface area is 169 Å². The molecule has 0 atom stereocenters. The summed E-state index contributed by atoms with van der Waals surface area (Å²) in [5, 5.41) is 0.252. The highest BCUT2D eigenvalue weighted by molar-refractivity contribution is 7.90. The molecule has 11 heteroatoms. The summed E-state index contributed by atoms with van der Waals surface area (Å²) < 4.78 is 32.8. The molecule has 2 N–H and O–H groups in total. The van der Waals surface area contributed by atoms with Gasteiger partial charge in [0.25, 0.3) is 10.0 Å². The average Bonchev–Trinajstić information content (AvgIpc) is 2.62. The van der Waals surface area contributed by atoms with E-state index in [9.17, 15) is 13.2 Å². The minimum absolute atomic E-state index is 0.0550. The second-order valence-electron chi connectivity index (χ2n) is 5.41. The highest BCUT2D eigenvalue weighted by atomic mass is 35.5. The number of nitrogens with two attached hydrogens (primary N) is 1. The molecule has 0 fully saturated rings. The van der Waals surface area contributed by atoms with Crippen molar-refractivity contribution in [1.82, 2.24) is 8.65 Å². The Balaban J connectivity index is 2.41. The Morgan fingerprint density at radius 1 is 1.11 bits per heavy atom. The largest absolute Gasteiger partial charge is 0.494 e. The fourth-order valence-electron chi connectivity index (χ4n) is 2.51. The van der Waals surface area contributed by atoms with Crippen molar-refractivity contribution in [2.24, 2.45) is 0 Å². The fourth-order valence-corrected chi connectivity index (χ4v) is 4.80. The fraction of sp³-hybridized carbons (Fsp3) is 0.125. The minimum Gasteiger partial charge on any atom is -0.494 e. The van der Waals surface area contributed by atoms with Crippen LogP contribution in [-0.2, 0) is 10.0 Å². The number of hydrogen-bond acceptors (Lipinski definition) is 6. The van der Waals surface area contributed by atoms with Crippen molar-refractivity contribution in [3.8, 4) is 5.75 Å². The van der Waals surface area contributed by atoms with E-state index in [0.29, 0.717) is 12.4 Å². The van der Waals surface area contributed by atoms with E-state index in [2.05, 4.69) is 0 Å². The van der Waals surface area contributed by atoms with Crippen LogP contribution in [0.5, 0.6) is 5.75 Å². The molecule has 2 aromatic carbocycles. The molecule has 0 aliphatic heterocycles. The van der Waals surface area contributed by atoms with Crippen LogP contribution in [-0.4, -0.2) is 23.7 Å². The summed E-state index contributed by atoms with van der Waals surface area (Å²) in [6.07, 6.45) is 0. The maximum absolute atomic E-state index is 13.2. The predicted octanol–water partition coefficient (Wildman–Crippen LogP) is 3.19. The van der Waals surface area contributed by atoms with Crippen molar-refractivity contribution in [2.45, 2.75) is 11.8 Å². The van der Waals surface area contributed by atoms with Gasteiger partial charge in [0.05, 0.1) is 32.6 Å². The summed E-state index contributed by atoms with van der Waals surface area (Å²) >= 11 is 16.9. The molecule has 3 aromatic rings. The zero-order chi connectivity index (χ0) is 19.9. The summed E-state index contributed by atoms with van der Waals surface area (Å²) in [7, 11) is -4.24. The summed E-state index contributed by atoms with van der Waals surface area (Å²) in [5.41, 5.74) is -0.574. The molecule has 0 aliphatic carbocycles. The average molecular weight is 446 g/mol. The number of aromatic nitrogens is 2. The molecule has 0 unspecified atom stereocenters. The second-order valence-corrected chi connectivity index (χ2v) is 8.40. The monoisotopic (exact) mass is 445 g/mol. The number of nitrogens with zero attached hydrogens (tertiary/aromatic N) is 2. The Hall–Kier alpha value is -2.07. The van der Waals surface area contributed by atoms with Crippen LogP contribution in [0.2, 0.25) is 10.0 Å². The van der Waals surface area contributed by atoms with Crippen molar-refractivity contribution in [1.29, 1.82) is 0 Å². The molecule has 0 amide bonds. The predicted molar refractivity (Wildman–Crippen MR) is 107 cm³/mol. The first-order valence-electron chi connectivity index (χ1n) is 7.58. The van der Waals surface area contributed by atoms with E-state index in [-0.39, 0.29) is 26.0 Å². The molecule has 0 bridgehead atoms. The van der Waals surface area contributed by atoms with Gasteiger partial charge in [-0.1, -0.05) is 35.4 Å². The number of fused-ring (bicyclic) bond motifs is 1. The molecule has 0 radical (unpaired) electrons. The van der Waals surface area contributed by atoms with Gasteiger partial charge in [-0.2, -0.15) is 0 Å². The van der Waals surface area contributed by atoms with Crippen LogP contribution in [0, 0.1) is 4.64 Å². The Morgan fingerprint density at radius 3 is 2.44 bits per heavy atom. The van der Waals surface area contributed by atoms with Crippen molar-refractivity contribution >= 4 is 56.5 Å². The smallest absolute Gasteiger partial charge is 0.305 e. The SMILES string of the molecule is CCOc1ccc2c(c1)n(N)c(=O)c(=S)n2S(=O)(=O)c1ccc(Cl)c(Cl)c1. The lowest BCUT2D eigenvalue weighted by atomic mass is 10.3. The molecule has 1 aromatic heterocycles. The molecule has 0 aliphatic rings. The van der Waals surface area contributed by atoms with Gasteiger partial charge in [-0.25, -0.2) is 17.1 Å². The van der Waals surface area contributed by atoms with Crippen LogP contribution in [0.25, 0.3) is 11.0 Å². The van der Waals surface area contributed by atoms with Gasteiger partial charge in [-0.05, 0) is 37.3 Å². The molecule has 7 nitrogen and oxygen atoms in total. The van der Waals surface area contributed by atoms with Gasteiger partial charge in [0.1, 0.15) is 5.75 Å². The first-order chi connectivity index (χ1) is 12.7. The molecule has 27 heavy (non-hydrogen) atoms. The van der Waals surface area contributed by atoms with Crippen molar-refractivity contribution in [2.75, 3.05) is 12.4 Å². The van der Waals surface area contributed by atoms with Crippen LogP contribution in [0.4, 0.5) is 0 Å². The molecular weight excluding hydrogens is 433 g/mol. The lowest BCUT2D eigenvalue weighted by Gasteiger charge is -2.15. The molecule has 3 rings (SSSR count). The van der Waals surface area contributed by atoms with Gasteiger partial charge >= 0.3 is 5.56 Å². The number of halogens is 2. The number of ether oxygens (including phenoxy) is 1. The molecular formula is C16H13Cl2N3O4S2. The second kappa shape index (κ2) is 7.16. The summed E-state index contributed by atoms with van der Waals surface area (Å²) in [4.78, 5) is 12.3. The van der Waals surface area contributed by atoms with Crippen molar-refractivity contribution in [3.05, 3.63) is 61.4 Å². The zero-order valence-corrected chi connectivity index (χ0v) is 17.0. The van der Waals surface area contributed by atoms with Crippen LogP contribution in [0.1, 0.15) is 6.92 Å². The van der Waals surface area contributed by atoms with E-state index >= 15 is 0 Å². The molecule has 0 saturated carbocycles. The van der Waals surface area contributed by atoms with E-state index in [4.69, 9.17) is 46.0 Å². The number of benzene rings is 2. The third kappa shape index (κ3) is 3.31. The van der Waals surface area contributed by atoms with E-state index < -0.39 is 20.2 Å². The standard InChI is InChI=1S/C16H13Cl2N3O4S2/c1-2-25-9-3-6-13-14(7-9)20(19)15(22)16(26)21(13)27(23,24)10-4-5-11(17)12(18)8-10/h3-8H,2,19H2,1H3. The first kappa shape index (κ1) is 19.7. The van der Waals surface area contributed by atoms with Crippen LogP contribution < -0.4 is 16.1 Å². The normalized spacial score (nSPS) is 11.7. The Kier molecular flexibility index (Phi) is 5.22. The summed E-state index contributed by atoms with van der Waals surface area (Å²) in [6, 6.07) is 8.31. The van der Waals surface area contributed by atoms with E-state index in [1.807, 2.05) is 0 Å². The number of rotatable bonds is 4. The summed E-state index contributed by atoms with van der Waals surface area (Å²) in [6.45, 7) is 2.18. The first-order valence-corrected chi connectivity index (χ1v) is 10.2. The van der Waals surface area contributed by atoms with Crippen LogP contribution in [0.15, 0.2) is 46.1 Å². The van der Waals surface area contributed by atoms with Gasteiger partial charge < -0.3 is 10.6 Å². The van der Waals surface area contributed by atoms with Gasteiger partial charge in [-0.15, -0.1) is 0 Å². The lowest BCUT2D eigenvalue weighted by Crippen LogP contribution is -2.33. The molecule has 1 heterocycles. The van der Waals surface area contributed by atoms with E-state index in [1.54, 1.807) is 13.0 Å². The zero-order valence-electron chi connectivity index (χ0n) is 13.8. The number of hydrogen-bond donors (Lipinski definition) is 1. The highest BCUT2D eigenvalue weighted by Gasteiger charge is 2.23. The molecule has 0 saturated heterocycles. The topological polar surface area (TPSA) is 96.3 Å². The van der Waals surface area contributed by atoms with E-state index in [1.165, 1.54) is 30.3 Å². The number of nitrogen functional groups attached to an aromatic ring is 1. The maximum atomic E-state index is 13.2. The van der Waals surface area contributed by atoms with Gasteiger partial charge in [0.15, 0.2) is 4.64 Å². The Morgan fingerprint density at radius 2 is 1.81 bits per heavy atom. The van der Waals surface area contributed by atoms with Gasteiger partial charge in [0.2, 0.25) is 0 Å². The van der Waals surface area contributed by atoms with Gasteiger partial charge in [0, 0.05) is 6.07 Å². The quantitative estimate of drug-likeness (QED) is 0.489. The van der Waals surface area contributed by atoms with E-state index in [0.717, 1.165) is 8.65 Å². The Bertz CT molecular complexity index is 1280. The summed E-state index contributed by atoms with van der Waals surface area (Å²) in [5.74, 6) is 6.24. The third-order valence-corrected chi connectivity index (χ3v) is 6.67. The van der Waals surface area contributed by atoms with Crippen LogP contribution >= 0.6 is 35.4 Å².